The van der Waals surface area contributed by atoms with Crippen molar-refractivity contribution in [3.63, 3.8) is 0 Å². The third kappa shape index (κ3) is 3.01. The number of aliphatic hydroxyl groups excluding tert-OH is 1. The number of nitrogens with one attached hydrogen (secondary N) is 1. The highest BCUT2D eigenvalue weighted by Gasteiger charge is 2.25. The zero-order valence-corrected chi connectivity index (χ0v) is 9.00. The monoisotopic (exact) mass is 195 g/mol. The molecule has 2 N–H and O–H groups in total. The van der Waals surface area contributed by atoms with Crippen LogP contribution in [0.1, 0.15) is 39.0 Å². The Balaban J connectivity index is 2.44. The second kappa shape index (κ2) is 6.06. The molecule has 0 aromatic carbocycles. The fraction of sp³-hybridized carbons (Fsp3) is 0.833. The Kier molecular flexibility index (Phi) is 5.00. The molecule has 1 fully saturated rings. The molecule has 0 bridgehead atoms. The van der Waals surface area contributed by atoms with Crippen molar-refractivity contribution in [1.82, 2.24) is 5.32 Å². The topological polar surface area (TPSA) is 32.3 Å². The molecule has 2 heteroatoms. The second-order valence-corrected chi connectivity index (χ2v) is 4.13. The zero-order chi connectivity index (χ0) is 10.4. The third-order valence-corrected chi connectivity index (χ3v) is 3.17. The molecule has 1 rings (SSSR count). The van der Waals surface area contributed by atoms with Gasteiger partial charge in [0.2, 0.25) is 0 Å². The van der Waals surface area contributed by atoms with Gasteiger partial charge in [-0.1, -0.05) is 25.7 Å². The van der Waals surface area contributed by atoms with Crippen LogP contribution in [0.4, 0.5) is 0 Å². The van der Waals surface area contributed by atoms with Gasteiger partial charge in [0.05, 0.1) is 6.04 Å². The molecule has 0 amide bonds. The SMILES string of the molecule is C#CC(CC)NC1CCCCC1CO. The molecule has 3 atom stereocenters. The predicted octanol–water partition coefficient (Wildman–Crippen LogP) is 1.54. The molecule has 0 aliphatic heterocycles. The van der Waals surface area contributed by atoms with Gasteiger partial charge in [-0.3, -0.25) is 0 Å². The Labute approximate surface area is 87.1 Å². The van der Waals surface area contributed by atoms with Crippen molar-refractivity contribution in [3.05, 3.63) is 0 Å². The smallest absolute Gasteiger partial charge is 0.0686 e. The number of hydrogen-bond donors (Lipinski definition) is 2. The number of hydrogen-bond acceptors (Lipinski definition) is 2. The van der Waals surface area contributed by atoms with Gasteiger partial charge in [0, 0.05) is 12.6 Å². The van der Waals surface area contributed by atoms with E-state index in [1.54, 1.807) is 0 Å². The van der Waals surface area contributed by atoms with Gasteiger partial charge < -0.3 is 10.4 Å². The quantitative estimate of drug-likeness (QED) is 0.667. The van der Waals surface area contributed by atoms with Crippen molar-refractivity contribution in [2.45, 2.75) is 51.1 Å². The Morgan fingerprint density at radius 1 is 1.50 bits per heavy atom. The molecule has 0 aromatic rings. The van der Waals surface area contributed by atoms with Crippen LogP contribution in [0.3, 0.4) is 0 Å². The van der Waals surface area contributed by atoms with Gasteiger partial charge >= 0.3 is 0 Å². The maximum Gasteiger partial charge on any atom is 0.0686 e. The molecule has 2 nitrogen and oxygen atoms in total. The molecule has 14 heavy (non-hydrogen) atoms. The maximum absolute atomic E-state index is 9.23. The lowest BCUT2D eigenvalue weighted by Crippen LogP contribution is -2.44. The Hall–Kier alpha value is -0.520. The molecule has 1 aliphatic carbocycles. The molecule has 1 saturated carbocycles. The van der Waals surface area contributed by atoms with E-state index >= 15 is 0 Å². The first kappa shape index (κ1) is 11.6. The maximum atomic E-state index is 9.23. The van der Waals surface area contributed by atoms with Crippen LogP contribution in [0.25, 0.3) is 0 Å². The van der Waals surface area contributed by atoms with E-state index in [1.807, 2.05) is 0 Å². The van der Waals surface area contributed by atoms with E-state index in [0.29, 0.717) is 18.6 Å². The van der Waals surface area contributed by atoms with Crippen LogP contribution in [0, 0.1) is 18.3 Å². The highest BCUT2D eigenvalue weighted by Crippen LogP contribution is 2.24. The van der Waals surface area contributed by atoms with Crippen LogP contribution >= 0.6 is 0 Å². The summed E-state index contributed by atoms with van der Waals surface area (Å²) in [6, 6.07) is 0.599. The zero-order valence-electron chi connectivity index (χ0n) is 9.00. The lowest BCUT2D eigenvalue weighted by atomic mass is 9.84. The summed E-state index contributed by atoms with van der Waals surface area (Å²) in [5.41, 5.74) is 0. The van der Waals surface area contributed by atoms with Crippen molar-refractivity contribution in [2.24, 2.45) is 5.92 Å². The summed E-state index contributed by atoms with van der Waals surface area (Å²) in [5, 5.41) is 12.7. The molecule has 0 spiro atoms. The van der Waals surface area contributed by atoms with Crippen molar-refractivity contribution in [3.8, 4) is 12.3 Å². The molecule has 80 valence electrons. The number of terminal acetylenes is 1. The lowest BCUT2D eigenvalue weighted by molar-refractivity contribution is 0.149. The van der Waals surface area contributed by atoms with Gasteiger partial charge in [0.25, 0.3) is 0 Å². The van der Waals surface area contributed by atoms with E-state index in [0.717, 1.165) is 19.3 Å². The Morgan fingerprint density at radius 2 is 2.21 bits per heavy atom. The van der Waals surface area contributed by atoms with E-state index in [4.69, 9.17) is 6.42 Å². The highest BCUT2D eigenvalue weighted by atomic mass is 16.3. The summed E-state index contributed by atoms with van der Waals surface area (Å²) < 4.78 is 0. The summed E-state index contributed by atoms with van der Waals surface area (Å²) in [5.74, 6) is 3.16. The van der Waals surface area contributed by atoms with Gasteiger partial charge in [-0.15, -0.1) is 6.42 Å². The normalized spacial score (nSPS) is 29.5. The molecule has 0 aromatic heterocycles. The molecule has 3 unspecified atom stereocenters. The van der Waals surface area contributed by atoms with E-state index < -0.39 is 0 Å². The first-order chi connectivity index (χ1) is 6.81. The molecule has 0 saturated heterocycles. The van der Waals surface area contributed by atoms with E-state index in [1.165, 1.54) is 12.8 Å². The van der Waals surface area contributed by atoms with Gasteiger partial charge in [0.15, 0.2) is 0 Å². The van der Waals surface area contributed by atoms with Gasteiger partial charge in [-0.2, -0.15) is 0 Å². The predicted molar refractivity (Wildman–Crippen MR) is 58.9 cm³/mol. The van der Waals surface area contributed by atoms with Crippen LogP contribution in [0.2, 0.25) is 0 Å². The fourth-order valence-corrected chi connectivity index (χ4v) is 2.19. The summed E-state index contributed by atoms with van der Waals surface area (Å²) in [6.07, 6.45) is 11.2. The van der Waals surface area contributed by atoms with Crippen LogP contribution in [-0.4, -0.2) is 23.8 Å². The van der Waals surface area contributed by atoms with Crippen LogP contribution in [-0.2, 0) is 0 Å². The lowest BCUT2D eigenvalue weighted by Gasteiger charge is -2.32. The molecule has 0 heterocycles. The first-order valence-corrected chi connectivity index (χ1v) is 5.64. The highest BCUT2D eigenvalue weighted by molar-refractivity contribution is 5.00. The summed E-state index contributed by atoms with van der Waals surface area (Å²) in [6.45, 7) is 2.38. The minimum Gasteiger partial charge on any atom is -0.396 e. The second-order valence-electron chi connectivity index (χ2n) is 4.13. The third-order valence-electron chi connectivity index (χ3n) is 3.17. The van der Waals surface area contributed by atoms with Gasteiger partial charge in [0.1, 0.15) is 0 Å². The summed E-state index contributed by atoms with van der Waals surface area (Å²) >= 11 is 0. The van der Waals surface area contributed by atoms with Crippen LogP contribution in [0.5, 0.6) is 0 Å². The Bertz CT molecular complexity index is 197. The number of aliphatic hydroxyl groups is 1. The minimum absolute atomic E-state index is 0.173. The van der Waals surface area contributed by atoms with Crippen molar-refractivity contribution in [1.29, 1.82) is 0 Å². The largest absolute Gasteiger partial charge is 0.396 e. The molecular formula is C12H21NO. The molecule has 1 aliphatic rings. The number of rotatable bonds is 4. The van der Waals surface area contributed by atoms with Gasteiger partial charge in [-0.25, -0.2) is 0 Å². The average molecular weight is 195 g/mol. The molecule has 0 radical (unpaired) electrons. The Morgan fingerprint density at radius 3 is 2.79 bits per heavy atom. The van der Waals surface area contributed by atoms with E-state index in [2.05, 4.69) is 18.2 Å². The average Bonchev–Trinajstić information content (AvgIpc) is 2.26. The van der Waals surface area contributed by atoms with E-state index in [-0.39, 0.29) is 6.04 Å². The van der Waals surface area contributed by atoms with Crippen molar-refractivity contribution < 1.29 is 5.11 Å². The summed E-state index contributed by atoms with van der Waals surface area (Å²) in [7, 11) is 0. The van der Waals surface area contributed by atoms with Crippen molar-refractivity contribution in [2.75, 3.05) is 6.61 Å². The van der Waals surface area contributed by atoms with Gasteiger partial charge in [-0.05, 0) is 25.2 Å². The van der Waals surface area contributed by atoms with Crippen LogP contribution < -0.4 is 5.32 Å². The first-order valence-electron chi connectivity index (χ1n) is 5.64. The minimum atomic E-state index is 0.173. The van der Waals surface area contributed by atoms with E-state index in [9.17, 15) is 5.11 Å². The van der Waals surface area contributed by atoms with Crippen molar-refractivity contribution >= 4 is 0 Å². The molecular weight excluding hydrogens is 174 g/mol. The fourth-order valence-electron chi connectivity index (χ4n) is 2.19. The summed E-state index contributed by atoms with van der Waals surface area (Å²) in [4.78, 5) is 0. The standard InChI is InChI=1S/C12H21NO/c1-3-11(4-2)13-12-8-6-5-7-10(12)9-14/h1,10-14H,4-9H2,2H3. The van der Waals surface area contributed by atoms with Crippen LogP contribution in [0.15, 0.2) is 0 Å².